The largest absolute Gasteiger partial charge is 0.460 e. The maximum atomic E-state index is 10.6. The Morgan fingerprint density at radius 1 is 1.35 bits per heavy atom. The topological polar surface area (TPSA) is 38.3 Å². The normalized spacial score (nSPS) is 21.8. The van der Waals surface area contributed by atoms with E-state index in [9.17, 15) is 4.79 Å². The van der Waals surface area contributed by atoms with Crippen LogP contribution in [0.4, 0.5) is 0 Å². The third-order valence-corrected chi connectivity index (χ3v) is 3.30. The predicted molar refractivity (Wildman–Crippen MR) is 66.6 cm³/mol. The SMILES string of the molecule is O=COC(CC1CCCCN1)c1ccccc1. The Hall–Kier alpha value is -1.35. The fourth-order valence-corrected chi connectivity index (χ4v) is 2.39. The van der Waals surface area contributed by atoms with E-state index in [2.05, 4.69) is 5.32 Å². The lowest BCUT2D eigenvalue weighted by Gasteiger charge is -2.27. The molecule has 1 aromatic carbocycles. The van der Waals surface area contributed by atoms with Crippen molar-refractivity contribution in [3.8, 4) is 0 Å². The first-order valence-electron chi connectivity index (χ1n) is 6.27. The smallest absolute Gasteiger partial charge is 0.293 e. The minimum atomic E-state index is -0.121. The van der Waals surface area contributed by atoms with Crippen LogP contribution in [-0.4, -0.2) is 19.1 Å². The number of benzene rings is 1. The third-order valence-electron chi connectivity index (χ3n) is 3.30. The molecule has 0 aromatic heterocycles. The molecule has 17 heavy (non-hydrogen) atoms. The zero-order valence-electron chi connectivity index (χ0n) is 9.97. The van der Waals surface area contributed by atoms with Gasteiger partial charge in [0.05, 0.1) is 0 Å². The molecule has 0 saturated carbocycles. The molecule has 0 bridgehead atoms. The summed E-state index contributed by atoms with van der Waals surface area (Å²) in [6.45, 7) is 1.63. The van der Waals surface area contributed by atoms with Gasteiger partial charge in [-0.3, -0.25) is 4.79 Å². The number of carbonyl (C=O) groups is 1. The first-order chi connectivity index (χ1) is 8.40. The van der Waals surface area contributed by atoms with Crippen LogP contribution in [0.5, 0.6) is 0 Å². The van der Waals surface area contributed by atoms with Crippen LogP contribution in [0.25, 0.3) is 0 Å². The standard InChI is InChI=1S/C14H19NO2/c16-11-17-14(12-6-2-1-3-7-12)10-13-8-4-5-9-15-13/h1-3,6-7,11,13-15H,4-5,8-10H2. The molecule has 1 N–H and O–H groups in total. The van der Waals surface area contributed by atoms with Crippen molar-refractivity contribution in [2.24, 2.45) is 0 Å². The molecular formula is C14H19NO2. The monoisotopic (exact) mass is 233 g/mol. The second-order valence-corrected chi connectivity index (χ2v) is 4.51. The Bertz CT molecular complexity index is 333. The number of nitrogens with one attached hydrogen (secondary N) is 1. The molecule has 1 heterocycles. The first kappa shape index (κ1) is 12.1. The molecule has 1 aliphatic rings. The molecule has 1 aromatic rings. The second-order valence-electron chi connectivity index (χ2n) is 4.51. The van der Waals surface area contributed by atoms with Crippen LogP contribution in [0.3, 0.4) is 0 Å². The lowest BCUT2D eigenvalue weighted by Crippen LogP contribution is -2.35. The van der Waals surface area contributed by atoms with Crippen molar-refractivity contribution in [1.82, 2.24) is 5.32 Å². The van der Waals surface area contributed by atoms with E-state index in [0.29, 0.717) is 12.5 Å². The number of carbonyl (C=O) groups excluding carboxylic acids is 1. The van der Waals surface area contributed by atoms with Gasteiger partial charge >= 0.3 is 0 Å². The Morgan fingerprint density at radius 3 is 2.82 bits per heavy atom. The highest BCUT2D eigenvalue weighted by Crippen LogP contribution is 2.24. The van der Waals surface area contributed by atoms with Crippen LogP contribution in [0.15, 0.2) is 30.3 Å². The quantitative estimate of drug-likeness (QED) is 0.794. The average molecular weight is 233 g/mol. The van der Waals surface area contributed by atoms with Crippen LogP contribution in [-0.2, 0) is 9.53 Å². The van der Waals surface area contributed by atoms with E-state index in [1.165, 1.54) is 19.3 Å². The average Bonchev–Trinajstić information content (AvgIpc) is 2.40. The molecular weight excluding hydrogens is 214 g/mol. The van der Waals surface area contributed by atoms with Gasteiger partial charge < -0.3 is 10.1 Å². The molecule has 3 nitrogen and oxygen atoms in total. The molecule has 2 rings (SSSR count). The minimum Gasteiger partial charge on any atom is -0.460 e. The van der Waals surface area contributed by atoms with Crippen LogP contribution >= 0.6 is 0 Å². The Balaban J connectivity index is 1.99. The molecule has 1 saturated heterocycles. The summed E-state index contributed by atoms with van der Waals surface area (Å²) in [6, 6.07) is 10.4. The maximum Gasteiger partial charge on any atom is 0.293 e. The van der Waals surface area contributed by atoms with Gasteiger partial charge in [-0.25, -0.2) is 0 Å². The summed E-state index contributed by atoms with van der Waals surface area (Å²) < 4.78 is 5.21. The zero-order valence-corrected chi connectivity index (χ0v) is 9.97. The number of rotatable bonds is 5. The van der Waals surface area contributed by atoms with E-state index < -0.39 is 0 Å². The van der Waals surface area contributed by atoms with Crippen molar-refractivity contribution < 1.29 is 9.53 Å². The predicted octanol–water partition coefficient (Wildman–Crippen LogP) is 2.43. The van der Waals surface area contributed by atoms with Crippen molar-refractivity contribution in [1.29, 1.82) is 0 Å². The van der Waals surface area contributed by atoms with Crippen molar-refractivity contribution >= 4 is 6.47 Å². The second kappa shape index (κ2) is 6.40. The molecule has 2 atom stereocenters. The van der Waals surface area contributed by atoms with Gasteiger partial charge in [0.15, 0.2) is 0 Å². The van der Waals surface area contributed by atoms with Crippen LogP contribution in [0.2, 0.25) is 0 Å². The molecule has 0 amide bonds. The van der Waals surface area contributed by atoms with Gasteiger partial charge in [-0.15, -0.1) is 0 Å². The first-order valence-corrected chi connectivity index (χ1v) is 6.27. The molecule has 0 spiro atoms. The van der Waals surface area contributed by atoms with Crippen molar-refractivity contribution in [2.75, 3.05) is 6.54 Å². The molecule has 2 unspecified atom stereocenters. The maximum absolute atomic E-state index is 10.6. The summed E-state index contributed by atoms with van der Waals surface area (Å²) in [5, 5.41) is 3.48. The lowest BCUT2D eigenvalue weighted by atomic mass is 9.96. The highest BCUT2D eigenvalue weighted by molar-refractivity contribution is 5.38. The number of ether oxygens (including phenoxy) is 1. The highest BCUT2D eigenvalue weighted by atomic mass is 16.5. The van der Waals surface area contributed by atoms with Gasteiger partial charge in [0.2, 0.25) is 0 Å². The summed E-state index contributed by atoms with van der Waals surface area (Å²) in [4.78, 5) is 10.6. The van der Waals surface area contributed by atoms with Crippen LogP contribution in [0.1, 0.15) is 37.4 Å². The summed E-state index contributed by atoms with van der Waals surface area (Å²) >= 11 is 0. The van der Waals surface area contributed by atoms with Gasteiger partial charge in [0.1, 0.15) is 6.10 Å². The number of hydrogen-bond acceptors (Lipinski definition) is 3. The van der Waals surface area contributed by atoms with E-state index >= 15 is 0 Å². The molecule has 3 heteroatoms. The summed E-state index contributed by atoms with van der Waals surface area (Å²) in [6.07, 6.45) is 4.43. The molecule has 0 radical (unpaired) electrons. The summed E-state index contributed by atoms with van der Waals surface area (Å²) in [5.74, 6) is 0. The molecule has 0 aliphatic carbocycles. The van der Waals surface area contributed by atoms with E-state index in [1.807, 2.05) is 30.3 Å². The van der Waals surface area contributed by atoms with Crippen LogP contribution < -0.4 is 5.32 Å². The Labute approximate surface area is 102 Å². The van der Waals surface area contributed by atoms with Gasteiger partial charge in [0.25, 0.3) is 6.47 Å². The van der Waals surface area contributed by atoms with E-state index in [4.69, 9.17) is 4.74 Å². The number of piperidine rings is 1. The van der Waals surface area contributed by atoms with E-state index in [0.717, 1.165) is 18.5 Å². The van der Waals surface area contributed by atoms with Gasteiger partial charge in [-0.05, 0) is 24.9 Å². The highest BCUT2D eigenvalue weighted by Gasteiger charge is 2.20. The van der Waals surface area contributed by atoms with Crippen molar-refractivity contribution in [3.05, 3.63) is 35.9 Å². The van der Waals surface area contributed by atoms with E-state index in [1.54, 1.807) is 0 Å². The Morgan fingerprint density at radius 2 is 2.18 bits per heavy atom. The Kier molecular flexibility index (Phi) is 4.56. The minimum absolute atomic E-state index is 0.121. The molecule has 92 valence electrons. The van der Waals surface area contributed by atoms with E-state index in [-0.39, 0.29) is 6.10 Å². The molecule has 1 fully saturated rings. The zero-order chi connectivity index (χ0) is 11.9. The van der Waals surface area contributed by atoms with Crippen LogP contribution in [0, 0.1) is 0 Å². The van der Waals surface area contributed by atoms with Crippen molar-refractivity contribution in [3.63, 3.8) is 0 Å². The summed E-state index contributed by atoms with van der Waals surface area (Å²) in [7, 11) is 0. The lowest BCUT2D eigenvalue weighted by molar-refractivity contribution is -0.134. The van der Waals surface area contributed by atoms with Gasteiger partial charge in [-0.1, -0.05) is 36.8 Å². The fourth-order valence-electron chi connectivity index (χ4n) is 2.39. The van der Waals surface area contributed by atoms with Crippen molar-refractivity contribution in [2.45, 2.75) is 37.8 Å². The fraction of sp³-hybridized carbons (Fsp3) is 0.500. The molecule has 1 aliphatic heterocycles. The summed E-state index contributed by atoms with van der Waals surface area (Å²) in [5.41, 5.74) is 1.08. The third kappa shape index (κ3) is 3.56. The van der Waals surface area contributed by atoms with Gasteiger partial charge in [-0.2, -0.15) is 0 Å². The van der Waals surface area contributed by atoms with Gasteiger partial charge in [0, 0.05) is 12.5 Å². The number of hydrogen-bond donors (Lipinski definition) is 1.